The standard InChI is InChI=1S/C27H30ClN3O/c1-29-23-7-4-6-20(16-23)13-15-30-14-5-8-24(30)18-31-25-9-2-3-10-27(25)32-19-21-11-12-22(28)17-26(21)31/h2-4,6-7,9-12,16-17,24,29H,5,8,13-15,18-19H2,1H3. The van der Waals surface area contributed by atoms with Crippen molar-refractivity contribution in [3.63, 3.8) is 0 Å². The molecule has 5 heteroatoms. The van der Waals surface area contributed by atoms with Crippen LogP contribution in [0.5, 0.6) is 5.75 Å². The van der Waals surface area contributed by atoms with Crippen molar-refractivity contribution in [2.45, 2.75) is 31.9 Å². The monoisotopic (exact) mass is 447 g/mol. The molecule has 3 aromatic carbocycles. The Bertz CT molecular complexity index is 1090. The number of para-hydroxylation sites is 2. The molecule has 1 atom stereocenters. The van der Waals surface area contributed by atoms with Crippen LogP contribution in [-0.2, 0) is 13.0 Å². The van der Waals surface area contributed by atoms with Crippen LogP contribution in [0.3, 0.4) is 0 Å². The second kappa shape index (κ2) is 9.43. The van der Waals surface area contributed by atoms with Crippen LogP contribution in [-0.4, -0.2) is 37.6 Å². The first-order valence-electron chi connectivity index (χ1n) is 11.5. The lowest BCUT2D eigenvalue weighted by Gasteiger charge is -2.33. The minimum Gasteiger partial charge on any atom is -0.487 e. The second-order valence-electron chi connectivity index (χ2n) is 8.67. The largest absolute Gasteiger partial charge is 0.487 e. The number of likely N-dealkylation sites (tertiary alicyclic amines) is 1. The smallest absolute Gasteiger partial charge is 0.143 e. The third-order valence-corrected chi connectivity index (χ3v) is 6.91. The number of hydrogen-bond acceptors (Lipinski definition) is 4. The van der Waals surface area contributed by atoms with Gasteiger partial charge in [-0.3, -0.25) is 4.90 Å². The topological polar surface area (TPSA) is 27.7 Å². The lowest BCUT2D eigenvalue weighted by Crippen LogP contribution is -2.39. The average Bonchev–Trinajstić information content (AvgIpc) is 3.21. The van der Waals surface area contributed by atoms with Crippen LogP contribution in [0.15, 0.2) is 66.7 Å². The molecular weight excluding hydrogens is 418 g/mol. The van der Waals surface area contributed by atoms with Crippen LogP contribution in [0.4, 0.5) is 17.1 Å². The van der Waals surface area contributed by atoms with E-state index in [9.17, 15) is 0 Å². The van der Waals surface area contributed by atoms with Crippen molar-refractivity contribution in [3.05, 3.63) is 82.9 Å². The number of anilines is 3. The molecule has 1 unspecified atom stereocenters. The molecule has 2 aliphatic heterocycles. The molecule has 3 aromatic rings. The molecule has 0 radical (unpaired) electrons. The number of rotatable bonds is 6. The summed E-state index contributed by atoms with van der Waals surface area (Å²) in [5, 5.41) is 4.01. The number of hydrogen-bond donors (Lipinski definition) is 1. The molecule has 2 aliphatic rings. The fraction of sp³-hybridized carbons (Fsp3) is 0.333. The summed E-state index contributed by atoms with van der Waals surface area (Å²) in [7, 11) is 1.97. The Morgan fingerprint density at radius 1 is 1.03 bits per heavy atom. The highest BCUT2D eigenvalue weighted by Crippen LogP contribution is 2.41. The molecule has 4 nitrogen and oxygen atoms in total. The molecular formula is C27H30ClN3O. The van der Waals surface area contributed by atoms with E-state index in [1.54, 1.807) is 0 Å². The van der Waals surface area contributed by atoms with Gasteiger partial charge in [-0.15, -0.1) is 0 Å². The van der Waals surface area contributed by atoms with Crippen molar-refractivity contribution < 1.29 is 4.74 Å². The van der Waals surface area contributed by atoms with Gasteiger partial charge in [-0.2, -0.15) is 0 Å². The van der Waals surface area contributed by atoms with E-state index in [1.807, 2.05) is 19.2 Å². The van der Waals surface area contributed by atoms with Crippen LogP contribution >= 0.6 is 11.6 Å². The number of nitrogens with zero attached hydrogens (tertiary/aromatic N) is 2. The SMILES string of the molecule is CNc1cccc(CCN2CCCC2CN2c3cc(Cl)ccc3COc3ccccc32)c1. The Balaban J connectivity index is 1.38. The number of halogens is 1. The first-order valence-corrected chi connectivity index (χ1v) is 11.9. The van der Waals surface area contributed by atoms with E-state index in [2.05, 4.69) is 69.7 Å². The van der Waals surface area contributed by atoms with Gasteiger partial charge in [0.05, 0.1) is 5.69 Å². The maximum Gasteiger partial charge on any atom is 0.143 e. The minimum absolute atomic E-state index is 0.500. The van der Waals surface area contributed by atoms with E-state index >= 15 is 0 Å². The number of benzene rings is 3. The summed E-state index contributed by atoms with van der Waals surface area (Å²) in [6.45, 7) is 3.73. The van der Waals surface area contributed by atoms with Crippen LogP contribution in [0, 0.1) is 0 Å². The first kappa shape index (κ1) is 21.2. The molecule has 1 N–H and O–H groups in total. The van der Waals surface area contributed by atoms with Gasteiger partial charge in [0.25, 0.3) is 0 Å². The van der Waals surface area contributed by atoms with E-state index in [-0.39, 0.29) is 0 Å². The van der Waals surface area contributed by atoms with Gasteiger partial charge in [0, 0.05) is 48.1 Å². The lowest BCUT2D eigenvalue weighted by atomic mass is 10.1. The average molecular weight is 448 g/mol. The van der Waals surface area contributed by atoms with Gasteiger partial charge < -0.3 is 15.0 Å². The molecule has 5 rings (SSSR count). The predicted molar refractivity (Wildman–Crippen MR) is 134 cm³/mol. The quantitative estimate of drug-likeness (QED) is 0.492. The molecule has 0 aliphatic carbocycles. The van der Waals surface area contributed by atoms with Gasteiger partial charge in [-0.1, -0.05) is 41.9 Å². The van der Waals surface area contributed by atoms with Gasteiger partial charge in [0.2, 0.25) is 0 Å². The van der Waals surface area contributed by atoms with Gasteiger partial charge in [-0.05, 0) is 67.8 Å². The maximum atomic E-state index is 6.43. The zero-order valence-corrected chi connectivity index (χ0v) is 19.3. The van der Waals surface area contributed by atoms with Crippen molar-refractivity contribution in [1.82, 2.24) is 4.90 Å². The summed E-state index contributed by atoms with van der Waals surface area (Å²) in [5.74, 6) is 0.938. The zero-order chi connectivity index (χ0) is 21.9. The van der Waals surface area contributed by atoms with E-state index in [1.165, 1.54) is 29.7 Å². The minimum atomic E-state index is 0.500. The number of nitrogens with one attached hydrogen (secondary N) is 1. The van der Waals surface area contributed by atoms with Crippen molar-refractivity contribution >= 4 is 28.7 Å². The molecule has 2 heterocycles. The van der Waals surface area contributed by atoms with Gasteiger partial charge in [0.15, 0.2) is 0 Å². The number of fused-ring (bicyclic) bond motifs is 2. The van der Waals surface area contributed by atoms with Crippen molar-refractivity contribution in [2.24, 2.45) is 0 Å². The summed E-state index contributed by atoms with van der Waals surface area (Å²) in [6.07, 6.45) is 3.52. The van der Waals surface area contributed by atoms with Crippen LogP contribution < -0.4 is 15.0 Å². The summed E-state index contributed by atoms with van der Waals surface area (Å²) >= 11 is 6.43. The summed E-state index contributed by atoms with van der Waals surface area (Å²) < 4.78 is 6.16. The highest BCUT2D eigenvalue weighted by Gasteiger charge is 2.30. The fourth-order valence-electron chi connectivity index (χ4n) is 4.96. The maximum absolute atomic E-state index is 6.43. The van der Waals surface area contributed by atoms with Crippen molar-refractivity contribution in [2.75, 3.05) is 36.9 Å². The summed E-state index contributed by atoms with van der Waals surface area (Å²) in [5.41, 5.74) is 6.03. The molecule has 166 valence electrons. The lowest BCUT2D eigenvalue weighted by molar-refractivity contribution is 0.261. The molecule has 1 saturated heterocycles. The van der Waals surface area contributed by atoms with Crippen LogP contribution in [0.2, 0.25) is 5.02 Å². The normalized spacial score (nSPS) is 17.9. The molecule has 0 amide bonds. The number of ether oxygens (including phenoxy) is 1. The van der Waals surface area contributed by atoms with Crippen LogP contribution in [0.1, 0.15) is 24.0 Å². The molecule has 1 fully saturated rings. The predicted octanol–water partition coefficient (Wildman–Crippen LogP) is 6.12. The summed E-state index contributed by atoms with van der Waals surface area (Å²) in [6, 6.07) is 23.7. The fourth-order valence-corrected chi connectivity index (χ4v) is 5.12. The van der Waals surface area contributed by atoms with E-state index in [4.69, 9.17) is 16.3 Å². The van der Waals surface area contributed by atoms with Gasteiger partial charge in [-0.25, -0.2) is 0 Å². The first-order chi connectivity index (χ1) is 15.7. The highest BCUT2D eigenvalue weighted by atomic mass is 35.5. The Hall–Kier alpha value is -2.69. The molecule has 0 spiro atoms. The Kier molecular flexibility index (Phi) is 6.24. The Morgan fingerprint density at radius 2 is 1.94 bits per heavy atom. The second-order valence-corrected chi connectivity index (χ2v) is 9.11. The summed E-state index contributed by atoms with van der Waals surface area (Å²) in [4.78, 5) is 5.08. The third-order valence-electron chi connectivity index (χ3n) is 6.67. The molecule has 0 saturated carbocycles. The van der Waals surface area contributed by atoms with E-state index in [0.29, 0.717) is 12.6 Å². The van der Waals surface area contributed by atoms with Crippen molar-refractivity contribution in [3.8, 4) is 5.75 Å². The van der Waals surface area contributed by atoms with Gasteiger partial charge >= 0.3 is 0 Å². The highest BCUT2D eigenvalue weighted by molar-refractivity contribution is 6.30. The van der Waals surface area contributed by atoms with E-state index in [0.717, 1.165) is 48.2 Å². The van der Waals surface area contributed by atoms with Crippen LogP contribution in [0.25, 0.3) is 0 Å². The zero-order valence-electron chi connectivity index (χ0n) is 18.6. The third kappa shape index (κ3) is 4.43. The Morgan fingerprint density at radius 3 is 2.84 bits per heavy atom. The Labute approximate surface area is 195 Å². The van der Waals surface area contributed by atoms with E-state index < -0.39 is 0 Å². The molecule has 32 heavy (non-hydrogen) atoms. The molecule has 0 aromatic heterocycles. The van der Waals surface area contributed by atoms with Crippen molar-refractivity contribution in [1.29, 1.82) is 0 Å². The van der Waals surface area contributed by atoms with Gasteiger partial charge in [0.1, 0.15) is 12.4 Å². The molecule has 0 bridgehead atoms.